The van der Waals surface area contributed by atoms with Gasteiger partial charge in [-0.3, -0.25) is 14.9 Å². The molecule has 160 valence electrons. The molecule has 0 saturated heterocycles. The van der Waals surface area contributed by atoms with Crippen molar-refractivity contribution >= 4 is 57.7 Å². The van der Waals surface area contributed by atoms with Gasteiger partial charge in [0, 0.05) is 11.1 Å². The number of thioether (sulfide) groups is 1. The number of carbonyl (C=O) groups is 2. The Balaban J connectivity index is 1.33. The van der Waals surface area contributed by atoms with Gasteiger partial charge in [-0.2, -0.15) is 0 Å². The number of hydrogen-bond acceptors (Lipinski definition) is 7. The third-order valence-electron chi connectivity index (χ3n) is 3.70. The maximum atomic E-state index is 12.0. The maximum absolute atomic E-state index is 12.0. The minimum Gasteiger partial charge on any atom is -0.492 e. The fraction of sp³-hybridized carbons (Fsp3) is 0.143. The number of hydrogen-bond donors (Lipinski definition) is 2. The van der Waals surface area contributed by atoms with Gasteiger partial charge in [-0.1, -0.05) is 65.0 Å². The van der Waals surface area contributed by atoms with E-state index in [1.807, 2.05) is 30.3 Å². The average Bonchev–Trinajstić information content (AvgIpc) is 3.23. The van der Waals surface area contributed by atoms with Crippen LogP contribution in [-0.2, 0) is 9.59 Å². The first-order chi connectivity index (χ1) is 15.1. The molecule has 7 nitrogen and oxygen atoms in total. The predicted octanol–water partition coefficient (Wildman–Crippen LogP) is 4.13. The van der Waals surface area contributed by atoms with E-state index < -0.39 is 0 Å². The van der Waals surface area contributed by atoms with Gasteiger partial charge in [0.2, 0.25) is 16.9 Å². The van der Waals surface area contributed by atoms with Crippen LogP contribution in [0.4, 0.5) is 5.13 Å². The van der Waals surface area contributed by atoms with Crippen LogP contribution in [0.3, 0.4) is 0 Å². The van der Waals surface area contributed by atoms with Crippen molar-refractivity contribution in [1.29, 1.82) is 0 Å². The highest BCUT2D eigenvalue weighted by Gasteiger charge is 2.09. The monoisotopic (exact) mass is 474 g/mol. The number of aromatic nitrogens is 2. The van der Waals surface area contributed by atoms with Crippen molar-refractivity contribution in [2.75, 3.05) is 24.2 Å². The Morgan fingerprint density at radius 1 is 1.10 bits per heavy atom. The Morgan fingerprint density at radius 3 is 2.65 bits per heavy atom. The van der Waals surface area contributed by atoms with Crippen LogP contribution in [0.25, 0.3) is 6.08 Å². The summed E-state index contributed by atoms with van der Waals surface area (Å²) < 4.78 is 6.11. The molecule has 2 amide bonds. The van der Waals surface area contributed by atoms with Crippen LogP contribution in [0.5, 0.6) is 5.75 Å². The molecular weight excluding hydrogens is 456 g/mol. The molecule has 0 spiro atoms. The van der Waals surface area contributed by atoms with Crippen LogP contribution in [0.2, 0.25) is 5.02 Å². The second kappa shape index (κ2) is 12.1. The Hall–Kier alpha value is -2.88. The summed E-state index contributed by atoms with van der Waals surface area (Å²) in [6, 6.07) is 16.5. The molecule has 0 aliphatic carbocycles. The highest BCUT2D eigenvalue weighted by atomic mass is 35.5. The summed E-state index contributed by atoms with van der Waals surface area (Å²) in [6.07, 6.45) is 3.15. The van der Waals surface area contributed by atoms with Gasteiger partial charge in [0.15, 0.2) is 4.34 Å². The van der Waals surface area contributed by atoms with Crippen LogP contribution >= 0.6 is 34.7 Å². The second-order valence-corrected chi connectivity index (χ2v) is 8.68. The molecule has 0 aliphatic rings. The Morgan fingerprint density at radius 2 is 1.87 bits per heavy atom. The number of anilines is 1. The number of nitrogens with one attached hydrogen (secondary N) is 2. The van der Waals surface area contributed by atoms with Crippen LogP contribution < -0.4 is 15.4 Å². The van der Waals surface area contributed by atoms with Crippen molar-refractivity contribution in [2.24, 2.45) is 0 Å². The lowest BCUT2D eigenvalue weighted by atomic mass is 10.2. The van der Waals surface area contributed by atoms with Crippen molar-refractivity contribution < 1.29 is 14.3 Å². The fourth-order valence-corrected chi connectivity index (χ4v) is 3.98. The van der Waals surface area contributed by atoms with E-state index in [4.69, 9.17) is 16.3 Å². The van der Waals surface area contributed by atoms with Gasteiger partial charge in [0.05, 0.1) is 12.3 Å². The van der Waals surface area contributed by atoms with E-state index in [-0.39, 0.29) is 17.6 Å². The SMILES string of the molecule is O=C(/C=C/c1ccccc1)Nc1nnc(SCC(=O)NCCOc2ccc(Cl)cc2)s1. The van der Waals surface area contributed by atoms with E-state index in [0.29, 0.717) is 33.4 Å². The lowest BCUT2D eigenvalue weighted by Gasteiger charge is -2.07. The first-order valence-corrected chi connectivity index (χ1v) is 11.4. The molecule has 1 heterocycles. The summed E-state index contributed by atoms with van der Waals surface area (Å²) in [5.41, 5.74) is 0.927. The number of halogens is 1. The molecule has 0 fully saturated rings. The number of nitrogens with zero attached hydrogens (tertiary/aromatic N) is 2. The average molecular weight is 475 g/mol. The summed E-state index contributed by atoms with van der Waals surface area (Å²) in [5.74, 6) is 0.443. The van der Waals surface area contributed by atoms with E-state index >= 15 is 0 Å². The number of carbonyl (C=O) groups excluding carboxylic acids is 2. The summed E-state index contributed by atoms with van der Waals surface area (Å²) in [5, 5.41) is 14.4. The smallest absolute Gasteiger partial charge is 0.250 e. The molecule has 0 saturated carbocycles. The quantitative estimate of drug-likeness (QED) is 0.198. The molecule has 0 aliphatic heterocycles. The zero-order chi connectivity index (χ0) is 21.9. The van der Waals surface area contributed by atoms with Crippen LogP contribution in [0.1, 0.15) is 5.56 Å². The Kier molecular flexibility index (Phi) is 8.89. The van der Waals surface area contributed by atoms with Crippen molar-refractivity contribution in [3.63, 3.8) is 0 Å². The standard InChI is InChI=1S/C21H19ClN4O3S2/c22-16-7-9-17(10-8-16)29-13-12-23-19(28)14-30-21-26-25-20(31-21)24-18(27)11-6-15-4-2-1-3-5-15/h1-11H,12-14H2,(H,23,28)(H,24,25,27)/b11-6+. The van der Waals surface area contributed by atoms with Gasteiger partial charge in [-0.25, -0.2) is 0 Å². The van der Waals surface area contributed by atoms with Crippen molar-refractivity contribution in [3.05, 3.63) is 71.3 Å². The van der Waals surface area contributed by atoms with Crippen molar-refractivity contribution in [2.45, 2.75) is 4.34 Å². The number of ether oxygens (including phenoxy) is 1. The van der Waals surface area contributed by atoms with Gasteiger partial charge in [0.25, 0.3) is 0 Å². The molecule has 0 radical (unpaired) electrons. The Labute approximate surface area is 192 Å². The minimum atomic E-state index is -0.296. The molecule has 0 unspecified atom stereocenters. The predicted molar refractivity (Wildman–Crippen MR) is 125 cm³/mol. The second-order valence-electron chi connectivity index (χ2n) is 6.05. The van der Waals surface area contributed by atoms with Crippen LogP contribution in [0.15, 0.2) is 65.0 Å². The molecule has 31 heavy (non-hydrogen) atoms. The number of benzene rings is 2. The fourth-order valence-electron chi connectivity index (χ4n) is 2.27. The van der Waals surface area contributed by atoms with E-state index in [1.165, 1.54) is 29.2 Å². The van der Waals surface area contributed by atoms with E-state index in [9.17, 15) is 9.59 Å². The highest BCUT2D eigenvalue weighted by molar-refractivity contribution is 8.01. The van der Waals surface area contributed by atoms with Gasteiger partial charge in [-0.05, 0) is 35.9 Å². The molecule has 10 heteroatoms. The molecule has 1 aromatic heterocycles. The normalized spacial score (nSPS) is 10.7. The van der Waals surface area contributed by atoms with Crippen molar-refractivity contribution in [1.82, 2.24) is 15.5 Å². The summed E-state index contributed by atoms with van der Waals surface area (Å²) in [6.45, 7) is 0.733. The third-order valence-corrected chi connectivity index (χ3v) is 5.92. The summed E-state index contributed by atoms with van der Waals surface area (Å²) in [4.78, 5) is 23.9. The first-order valence-electron chi connectivity index (χ1n) is 9.24. The van der Waals surface area contributed by atoms with E-state index in [2.05, 4.69) is 20.8 Å². The molecule has 2 N–H and O–H groups in total. The molecule has 0 atom stereocenters. The van der Waals surface area contributed by atoms with Gasteiger partial charge in [0.1, 0.15) is 12.4 Å². The van der Waals surface area contributed by atoms with Crippen LogP contribution in [-0.4, -0.2) is 40.9 Å². The van der Waals surface area contributed by atoms with Gasteiger partial charge >= 0.3 is 0 Å². The van der Waals surface area contributed by atoms with Gasteiger partial charge in [-0.15, -0.1) is 10.2 Å². The zero-order valence-electron chi connectivity index (χ0n) is 16.3. The third kappa shape index (κ3) is 8.41. The lowest BCUT2D eigenvalue weighted by Crippen LogP contribution is -2.29. The molecule has 3 aromatic rings. The molecular formula is C21H19ClN4O3S2. The van der Waals surface area contributed by atoms with E-state index in [1.54, 1.807) is 30.3 Å². The topological polar surface area (TPSA) is 93.2 Å². The number of rotatable bonds is 10. The lowest BCUT2D eigenvalue weighted by molar-refractivity contribution is -0.118. The van der Waals surface area contributed by atoms with E-state index in [0.717, 1.165) is 5.56 Å². The molecule has 3 rings (SSSR count). The molecule has 0 bridgehead atoms. The summed E-state index contributed by atoms with van der Waals surface area (Å²) >= 11 is 8.28. The Bertz CT molecular complexity index is 1030. The summed E-state index contributed by atoms with van der Waals surface area (Å²) in [7, 11) is 0. The molecule has 2 aromatic carbocycles. The maximum Gasteiger partial charge on any atom is 0.250 e. The minimum absolute atomic E-state index is 0.142. The zero-order valence-corrected chi connectivity index (χ0v) is 18.7. The van der Waals surface area contributed by atoms with Crippen LogP contribution in [0, 0.1) is 0 Å². The van der Waals surface area contributed by atoms with Gasteiger partial charge < -0.3 is 10.1 Å². The van der Waals surface area contributed by atoms with Crippen molar-refractivity contribution in [3.8, 4) is 5.75 Å². The number of amides is 2. The largest absolute Gasteiger partial charge is 0.492 e. The highest BCUT2D eigenvalue weighted by Crippen LogP contribution is 2.25. The first kappa shape index (κ1) is 22.8.